The zero-order chi connectivity index (χ0) is 17.1. The largest absolute Gasteiger partial charge is 0.407 e. The van der Waals surface area contributed by atoms with E-state index in [1.54, 1.807) is 0 Å². The molecule has 0 amide bonds. The van der Waals surface area contributed by atoms with Gasteiger partial charge in [0, 0.05) is 18.7 Å². The van der Waals surface area contributed by atoms with Crippen LogP contribution in [0.5, 0.6) is 0 Å². The number of piperidine rings is 1. The third-order valence-corrected chi connectivity index (χ3v) is 4.30. The maximum absolute atomic E-state index is 5.70. The molecule has 0 radical (unpaired) electrons. The van der Waals surface area contributed by atoms with Crippen LogP contribution >= 0.6 is 12.4 Å². The highest BCUT2D eigenvalue weighted by Gasteiger charge is 2.28. The molecule has 1 aliphatic heterocycles. The molecule has 1 aliphatic rings. The molecular weight excluding hydrogens is 356 g/mol. The van der Waals surface area contributed by atoms with Crippen LogP contribution in [0.1, 0.15) is 30.5 Å². The van der Waals surface area contributed by atoms with E-state index in [9.17, 15) is 0 Å². The van der Waals surface area contributed by atoms with Crippen molar-refractivity contribution in [3.8, 4) is 11.4 Å². The van der Waals surface area contributed by atoms with Gasteiger partial charge in [-0.25, -0.2) is 0 Å². The number of nitrogens with zero attached hydrogens (tertiary/aromatic N) is 5. The van der Waals surface area contributed by atoms with Crippen LogP contribution in [0, 0.1) is 0 Å². The smallest absolute Gasteiger partial charge is 0.318 e. The maximum Gasteiger partial charge on any atom is 0.318 e. The molecule has 1 N–H and O–H groups in total. The molecule has 0 bridgehead atoms. The molecule has 0 spiro atoms. The van der Waals surface area contributed by atoms with Crippen LogP contribution in [0.4, 0.5) is 6.01 Å². The van der Waals surface area contributed by atoms with Gasteiger partial charge in [0.05, 0.1) is 12.5 Å². The number of hydrogen-bond donors (Lipinski definition) is 1. The third-order valence-electron chi connectivity index (χ3n) is 4.30. The van der Waals surface area contributed by atoms with Crippen LogP contribution in [0.2, 0.25) is 0 Å². The zero-order valence-corrected chi connectivity index (χ0v) is 15.3. The van der Waals surface area contributed by atoms with Crippen LogP contribution in [0.15, 0.2) is 39.3 Å². The van der Waals surface area contributed by atoms with Gasteiger partial charge in [-0.05, 0) is 19.9 Å². The Morgan fingerprint density at radius 1 is 1.23 bits per heavy atom. The van der Waals surface area contributed by atoms with Gasteiger partial charge in [0.1, 0.15) is 0 Å². The summed E-state index contributed by atoms with van der Waals surface area (Å²) in [7, 11) is 1.85. The molecule has 2 aromatic heterocycles. The lowest BCUT2D eigenvalue weighted by molar-refractivity contribution is 0.328. The first kappa shape index (κ1) is 18.3. The quantitative estimate of drug-likeness (QED) is 0.726. The van der Waals surface area contributed by atoms with Crippen molar-refractivity contribution in [1.82, 2.24) is 25.7 Å². The first-order valence-corrected chi connectivity index (χ1v) is 8.44. The average Bonchev–Trinajstić information content (AvgIpc) is 3.33. The number of halogens is 1. The van der Waals surface area contributed by atoms with Crippen LogP contribution in [-0.2, 0) is 6.54 Å². The summed E-state index contributed by atoms with van der Waals surface area (Å²) in [6.45, 7) is 2.18. The van der Waals surface area contributed by atoms with E-state index in [1.807, 2.05) is 37.4 Å². The normalized spacial score (nSPS) is 17.1. The predicted molar refractivity (Wildman–Crippen MR) is 98.2 cm³/mol. The second kappa shape index (κ2) is 8.29. The molecule has 4 rings (SSSR count). The topological polar surface area (TPSA) is 93.1 Å². The summed E-state index contributed by atoms with van der Waals surface area (Å²) in [6, 6.07) is 10.4. The van der Waals surface area contributed by atoms with Crippen molar-refractivity contribution in [2.24, 2.45) is 0 Å². The van der Waals surface area contributed by atoms with Gasteiger partial charge in [-0.2, -0.15) is 4.98 Å². The molecule has 1 aromatic carbocycles. The minimum atomic E-state index is 0. The van der Waals surface area contributed by atoms with Gasteiger partial charge in [-0.1, -0.05) is 40.6 Å². The number of aromatic nitrogens is 4. The summed E-state index contributed by atoms with van der Waals surface area (Å²) in [5.74, 6) is 2.04. The van der Waals surface area contributed by atoms with Crippen molar-refractivity contribution in [1.29, 1.82) is 0 Å². The van der Waals surface area contributed by atoms with E-state index in [1.165, 1.54) is 0 Å². The number of rotatable bonds is 5. The number of nitrogens with one attached hydrogen (secondary N) is 1. The van der Waals surface area contributed by atoms with E-state index in [4.69, 9.17) is 8.94 Å². The Morgan fingerprint density at radius 3 is 2.88 bits per heavy atom. The van der Waals surface area contributed by atoms with E-state index >= 15 is 0 Å². The Kier molecular flexibility index (Phi) is 5.85. The van der Waals surface area contributed by atoms with Crippen molar-refractivity contribution in [2.45, 2.75) is 25.3 Å². The minimum absolute atomic E-state index is 0. The van der Waals surface area contributed by atoms with Crippen molar-refractivity contribution in [3.05, 3.63) is 42.1 Å². The van der Waals surface area contributed by atoms with Gasteiger partial charge in [0.15, 0.2) is 0 Å². The highest BCUT2D eigenvalue weighted by atomic mass is 35.5. The summed E-state index contributed by atoms with van der Waals surface area (Å²) < 4.78 is 11.2. The number of anilines is 1. The lowest BCUT2D eigenvalue weighted by Gasteiger charge is -2.29. The van der Waals surface area contributed by atoms with E-state index < -0.39 is 0 Å². The van der Waals surface area contributed by atoms with Crippen LogP contribution in [-0.4, -0.2) is 40.5 Å². The first-order chi connectivity index (χ1) is 12.3. The summed E-state index contributed by atoms with van der Waals surface area (Å²) in [6.07, 6.45) is 2.02. The van der Waals surface area contributed by atoms with Gasteiger partial charge in [-0.15, -0.1) is 17.5 Å². The fraction of sp³-hybridized carbons (Fsp3) is 0.412. The molecule has 3 aromatic rings. The Hall–Kier alpha value is -2.45. The predicted octanol–water partition coefficient (Wildman–Crippen LogP) is 2.64. The van der Waals surface area contributed by atoms with Crippen molar-refractivity contribution in [3.63, 3.8) is 0 Å². The van der Waals surface area contributed by atoms with E-state index in [-0.39, 0.29) is 18.3 Å². The molecule has 0 saturated carbocycles. The van der Waals surface area contributed by atoms with Crippen molar-refractivity contribution in [2.75, 3.05) is 25.0 Å². The van der Waals surface area contributed by atoms with Gasteiger partial charge in [0.2, 0.25) is 17.6 Å². The van der Waals surface area contributed by atoms with Gasteiger partial charge >= 0.3 is 6.01 Å². The van der Waals surface area contributed by atoms with Crippen molar-refractivity contribution < 1.29 is 8.94 Å². The summed E-state index contributed by atoms with van der Waals surface area (Å²) in [5.41, 5.74) is 0.957. The Bertz CT molecular complexity index is 822. The Morgan fingerprint density at radius 2 is 2.08 bits per heavy atom. The molecule has 26 heavy (non-hydrogen) atoms. The van der Waals surface area contributed by atoms with E-state index in [0.717, 1.165) is 31.5 Å². The maximum atomic E-state index is 5.70. The standard InChI is InChI=1S/C17H20N6O2.ClH/c1-18-10-14-20-21-17(24-14)23-9-5-8-13(11-23)16-19-15(22-25-16)12-6-3-2-4-7-12;/h2-4,6-7,13,18H,5,8-11H2,1H3;1H. The van der Waals surface area contributed by atoms with Gasteiger partial charge < -0.3 is 19.2 Å². The fourth-order valence-electron chi connectivity index (χ4n) is 3.05. The second-order valence-electron chi connectivity index (χ2n) is 6.12. The van der Waals surface area contributed by atoms with Crippen molar-refractivity contribution >= 4 is 18.4 Å². The number of hydrogen-bond acceptors (Lipinski definition) is 8. The van der Waals surface area contributed by atoms with Gasteiger partial charge in [-0.3, -0.25) is 0 Å². The third kappa shape index (κ3) is 3.86. The second-order valence-corrected chi connectivity index (χ2v) is 6.12. The van der Waals surface area contributed by atoms with Crippen LogP contribution in [0.25, 0.3) is 11.4 Å². The summed E-state index contributed by atoms with van der Waals surface area (Å²) in [5, 5.41) is 15.3. The van der Waals surface area contributed by atoms with Crippen LogP contribution in [0.3, 0.4) is 0 Å². The summed E-state index contributed by atoms with van der Waals surface area (Å²) >= 11 is 0. The monoisotopic (exact) mass is 376 g/mol. The molecule has 9 heteroatoms. The molecule has 1 unspecified atom stereocenters. The molecule has 3 heterocycles. The molecule has 1 atom stereocenters. The molecule has 138 valence electrons. The van der Waals surface area contributed by atoms with Crippen LogP contribution < -0.4 is 10.2 Å². The minimum Gasteiger partial charge on any atom is -0.407 e. The molecule has 1 saturated heterocycles. The fourth-order valence-corrected chi connectivity index (χ4v) is 3.05. The molecular formula is C17H21ClN6O2. The molecule has 8 nitrogen and oxygen atoms in total. The lowest BCUT2D eigenvalue weighted by Crippen LogP contribution is -2.34. The molecule has 1 fully saturated rings. The number of benzene rings is 1. The Labute approximate surface area is 157 Å². The SMILES string of the molecule is CNCc1nnc(N2CCCC(c3nc(-c4ccccc4)no3)C2)o1.Cl. The summed E-state index contributed by atoms with van der Waals surface area (Å²) in [4.78, 5) is 6.68. The highest BCUT2D eigenvalue weighted by Crippen LogP contribution is 2.29. The highest BCUT2D eigenvalue weighted by molar-refractivity contribution is 5.85. The van der Waals surface area contributed by atoms with E-state index in [2.05, 4.69) is 30.6 Å². The van der Waals surface area contributed by atoms with Gasteiger partial charge in [0.25, 0.3) is 0 Å². The first-order valence-electron chi connectivity index (χ1n) is 8.44. The average molecular weight is 377 g/mol. The molecule has 0 aliphatic carbocycles. The Balaban J connectivity index is 0.00000196. The van der Waals surface area contributed by atoms with E-state index in [0.29, 0.717) is 30.2 Å². The zero-order valence-electron chi connectivity index (χ0n) is 14.5. The lowest BCUT2D eigenvalue weighted by atomic mass is 9.98.